The lowest BCUT2D eigenvalue weighted by Gasteiger charge is -2.23. The lowest BCUT2D eigenvalue weighted by Crippen LogP contribution is -2.21. The van der Waals surface area contributed by atoms with Gasteiger partial charge < -0.3 is 5.32 Å². The quantitative estimate of drug-likeness (QED) is 0.460. The lowest BCUT2D eigenvalue weighted by atomic mass is 9.83. The van der Waals surface area contributed by atoms with Gasteiger partial charge in [-0.25, -0.2) is 0 Å². The largest absolute Gasteiger partial charge is 0.316 e. The van der Waals surface area contributed by atoms with Gasteiger partial charge in [-0.15, -0.1) is 12.4 Å². The van der Waals surface area contributed by atoms with Crippen molar-refractivity contribution >= 4 is 24.0 Å². The zero-order valence-corrected chi connectivity index (χ0v) is 18.3. The topological polar surface area (TPSA) is 12.0 Å². The first-order valence-corrected chi connectivity index (χ1v) is 11.7. The van der Waals surface area contributed by atoms with E-state index in [1.54, 1.807) is 0 Å². The smallest absolute Gasteiger partial charge is 0.0443 e. The van der Waals surface area contributed by atoms with Crippen molar-refractivity contribution in [3.05, 3.63) is 34.3 Å². The molecule has 1 N–H and O–H groups in total. The molecule has 0 amide bonds. The van der Waals surface area contributed by atoms with E-state index < -0.39 is 0 Å². The first-order chi connectivity index (χ1) is 12.8. The molecule has 3 fully saturated rings. The number of benzene rings is 1. The summed E-state index contributed by atoms with van der Waals surface area (Å²) in [5.74, 6) is 3.28. The highest BCUT2D eigenvalue weighted by Gasteiger charge is 2.38. The molecule has 2 atom stereocenters. The molecule has 1 aromatic rings. The van der Waals surface area contributed by atoms with Gasteiger partial charge in [0, 0.05) is 5.02 Å². The van der Waals surface area contributed by atoms with E-state index >= 15 is 0 Å². The summed E-state index contributed by atoms with van der Waals surface area (Å²) in [6.07, 6.45) is 16.9. The molecule has 0 aliphatic heterocycles. The van der Waals surface area contributed by atoms with Crippen molar-refractivity contribution < 1.29 is 0 Å². The Balaban J connectivity index is 0.00000210. The van der Waals surface area contributed by atoms with Gasteiger partial charge in [0.1, 0.15) is 0 Å². The van der Waals surface area contributed by atoms with E-state index in [2.05, 4.69) is 23.5 Å². The van der Waals surface area contributed by atoms with Crippen LogP contribution in [0.15, 0.2) is 18.2 Å². The van der Waals surface area contributed by atoms with Crippen LogP contribution in [0.4, 0.5) is 0 Å². The Bertz CT molecular complexity index is 576. The minimum Gasteiger partial charge on any atom is -0.316 e. The molecule has 0 radical (unpaired) electrons. The van der Waals surface area contributed by atoms with Gasteiger partial charge in [-0.2, -0.15) is 0 Å². The maximum absolute atomic E-state index is 6.68. The van der Waals surface area contributed by atoms with Gasteiger partial charge in [0.05, 0.1) is 0 Å². The molecule has 1 nitrogen and oxygen atoms in total. The third kappa shape index (κ3) is 5.87. The Hall–Kier alpha value is -0.240. The van der Waals surface area contributed by atoms with Crippen molar-refractivity contribution in [2.45, 2.75) is 88.9 Å². The van der Waals surface area contributed by atoms with Crippen LogP contribution in [0.3, 0.4) is 0 Å². The molecule has 1 aromatic carbocycles. The van der Waals surface area contributed by atoms with Gasteiger partial charge in [0.2, 0.25) is 0 Å². The van der Waals surface area contributed by atoms with E-state index in [1.165, 1.54) is 101 Å². The van der Waals surface area contributed by atoms with E-state index in [0.717, 1.165) is 22.8 Å². The van der Waals surface area contributed by atoms with Crippen molar-refractivity contribution in [2.24, 2.45) is 11.8 Å². The highest BCUT2D eigenvalue weighted by molar-refractivity contribution is 6.31. The second-order valence-corrected chi connectivity index (χ2v) is 9.62. The van der Waals surface area contributed by atoms with Crippen molar-refractivity contribution in [3.63, 3.8) is 0 Å². The van der Waals surface area contributed by atoms with Crippen LogP contribution in [-0.4, -0.2) is 13.1 Å². The van der Waals surface area contributed by atoms with Crippen LogP contribution in [0.2, 0.25) is 5.02 Å². The van der Waals surface area contributed by atoms with Crippen LogP contribution in [0.1, 0.15) is 100 Å². The number of halogens is 2. The van der Waals surface area contributed by atoms with E-state index in [-0.39, 0.29) is 12.4 Å². The summed E-state index contributed by atoms with van der Waals surface area (Å²) in [6, 6.07) is 7.01. The van der Waals surface area contributed by atoms with Gasteiger partial charge in [-0.1, -0.05) is 75.1 Å². The van der Waals surface area contributed by atoms with Crippen molar-refractivity contribution in [3.8, 4) is 0 Å². The maximum Gasteiger partial charge on any atom is 0.0443 e. The average molecular weight is 410 g/mol. The molecule has 3 saturated carbocycles. The molecule has 3 aliphatic rings. The molecular formula is C24H37Cl2N. The highest BCUT2D eigenvalue weighted by Crippen LogP contribution is 2.48. The van der Waals surface area contributed by atoms with Crippen LogP contribution in [-0.2, 0) is 0 Å². The Labute approximate surface area is 177 Å². The Morgan fingerprint density at radius 1 is 0.926 bits per heavy atom. The molecule has 2 unspecified atom stereocenters. The molecule has 0 aromatic heterocycles. The summed E-state index contributed by atoms with van der Waals surface area (Å²) in [6.45, 7) is 2.41. The molecule has 0 heterocycles. The maximum atomic E-state index is 6.68. The second kappa shape index (κ2) is 10.5. The van der Waals surface area contributed by atoms with Crippen LogP contribution >= 0.6 is 24.0 Å². The molecule has 27 heavy (non-hydrogen) atoms. The molecule has 0 spiro atoms. The fourth-order valence-corrected chi connectivity index (χ4v) is 5.81. The van der Waals surface area contributed by atoms with Crippen molar-refractivity contribution in [2.75, 3.05) is 13.1 Å². The van der Waals surface area contributed by atoms with Gasteiger partial charge in [-0.05, 0) is 79.6 Å². The summed E-state index contributed by atoms with van der Waals surface area (Å²) in [4.78, 5) is 0. The lowest BCUT2D eigenvalue weighted by molar-refractivity contribution is 0.333. The fraction of sp³-hybridized carbons (Fsp3) is 0.750. The predicted molar refractivity (Wildman–Crippen MR) is 119 cm³/mol. The van der Waals surface area contributed by atoms with Crippen LogP contribution in [0.5, 0.6) is 0 Å². The normalized spacial score (nSPS) is 26.6. The zero-order chi connectivity index (χ0) is 17.8. The monoisotopic (exact) mass is 409 g/mol. The third-order valence-corrected chi connectivity index (χ3v) is 7.61. The van der Waals surface area contributed by atoms with Gasteiger partial charge in [-0.3, -0.25) is 0 Å². The molecule has 3 heteroatoms. The fourth-order valence-electron chi connectivity index (χ4n) is 5.47. The summed E-state index contributed by atoms with van der Waals surface area (Å²) >= 11 is 6.68. The van der Waals surface area contributed by atoms with E-state index in [0.29, 0.717) is 5.92 Å². The van der Waals surface area contributed by atoms with Gasteiger partial charge in [0.15, 0.2) is 0 Å². The van der Waals surface area contributed by atoms with E-state index in [9.17, 15) is 0 Å². The molecule has 152 valence electrons. The molecule has 0 bridgehead atoms. The van der Waals surface area contributed by atoms with Crippen molar-refractivity contribution in [1.82, 2.24) is 5.32 Å². The first kappa shape index (κ1) is 21.5. The standard InChI is InChI=1S/C24H36ClN.ClH/c25-24-16-20(11-12-22(24)19-9-5-2-6-10-19)23-15-21(23)17-26-14-13-18-7-3-1-4-8-18;/h11-12,16,18-19,21,23,26H,1-10,13-15,17H2;1H. The first-order valence-electron chi connectivity index (χ1n) is 11.3. The van der Waals surface area contributed by atoms with Crippen molar-refractivity contribution in [1.29, 1.82) is 0 Å². The minimum absolute atomic E-state index is 0. The molecule has 3 aliphatic carbocycles. The summed E-state index contributed by atoms with van der Waals surface area (Å²) in [5.41, 5.74) is 2.89. The highest BCUT2D eigenvalue weighted by atomic mass is 35.5. The Morgan fingerprint density at radius 2 is 1.63 bits per heavy atom. The van der Waals surface area contributed by atoms with E-state index in [1.807, 2.05) is 0 Å². The average Bonchev–Trinajstić information content (AvgIpc) is 3.46. The molecule has 4 rings (SSSR count). The van der Waals surface area contributed by atoms with Gasteiger partial charge >= 0.3 is 0 Å². The zero-order valence-electron chi connectivity index (χ0n) is 16.7. The number of nitrogens with one attached hydrogen (secondary N) is 1. The Morgan fingerprint density at radius 3 is 2.33 bits per heavy atom. The van der Waals surface area contributed by atoms with Crippen LogP contribution in [0.25, 0.3) is 0 Å². The second-order valence-electron chi connectivity index (χ2n) is 9.21. The third-order valence-electron chi connectivity index (χ3n) is 7.28. The number of hydrogen-bond acceptors (Lipinski definition) is 1. The SMILES string of the molecule is Cl.Clc1cc(C2CC2CNCCC2CCCCC2)ccc1C1CCCCC1. The molecule has 0 saturated heterocycles. The predicted octanol–water partition coefficient (Wildman–Crippen LogP) is 7.47. The number of hydrogen-bond donors (Lipinski definition) is 1. The summed E-state index contributed by atoms with van der Waals surface area (Å²) in [7, 11) is 0. The minimum atomic E-state index is 0. The van der Waals surface area contributed by atoms with Gasteiger partial charge in [0.25, 0.3) is 0 Å². The molecular weight excluding hydrogens is 373 g/mol. The number of rotatable bonds is 7. The summed E-state index contributed by atoms with van der Waals surface area (Å²) in [5, 5.41) is 4.77. The van der Waals surface area contributed by atoms with E-state index in [4.69, 9.17) is 11.6 Å². The Kier molecular flexibility index (Phi) is 8.36. The summed E-state index contributed by atoms with van der Waals surface area (Å²) < 4.78 is 0. The van der Waals surface area contributed by atoms with Crippen LogP contribution in [0, 0.1) is 11.8 Å². The van der Waals surface area contributed by atoms with Crippen LogP contribution < -0.4 is 5.32 Å².